The topological polar surface area (TPSA) is 404 Å². The molecular formula is C18H26N4O23P4. The van der Waals surface area contributed by atoms with Crippen LogP contribution in [0.25, 0.3) is 0 Å². The third-order valence-electron chi connectivity index (χ3n) is 6.35. The average Bonchev–Trinajstić information content (AvgIpc) is 3.38. The Kier molecular flexibility index (Phi) is 11.9. The molecule has 276 valence electrons. The van der Waals surface area contributed by atoms with Crippen molar-refractivity contribution in [3.05, 3.63) is 66.2 Å². The number of H-pyrrole nitrogens is 2. The van der Waals surface area contributed by atoms with E-state index >= 15 is 0 Å². The molecule has 0 amide bonds. The van der Waals surface area contributed by atoms with E-state index in [-0.39, 0.29) is 0 Å². The summed E-state index contributed by atoms with van der Waals surface area (Å²) in [6.07, 6.45) is -12.6. The standard InChI is InChI=1S/C18H26N4O23P4/c23-9-1-3-21(17(29)19-9)15-13(27)11(25)7(41-15)5-39-46(31,32)43-48(35,36)45-49(37,38)44-47(33,34)40-6-8-12(26)14(28)16(42-8)22-4-2-10(24)20-18(22)30/h1-4,7-8,11-16,25-28H,5-6H2,(H,31,32)(H,33,34)(H,35,36)(H,37,38)(H,19,23,29)(H,20,24,30)/t7-,8?,11?,12?,13?,14?,15-,16-/m1/s1. The maximum absolute atomic E-state index is 12.2. The number of ether oxygens (including phenoxy) is 2. The van der Waals surface area contributed by atoms with Crippen LogP contribution in [0.2, 0.25) is 0 Å². The first-order valence-corrected chi connectivity index (χ1v) is 18.9. The molecule has 4 rings (SSSR count). The molecule has 0 aliphatic carbocycles. The summed E-state index contributed by atoms with van der Waals surface area (Å²) in [5.41, 5.74) is -3.78. The number of aliphatic hydroxyl groups is 4. The van der Waals surface area contributed by atoms with Crippen molar-refractivity contribution < 1.29 is 89.7 Å². The Morgan fingerprint density at radius 2 is 0.918 bits per heavy atom. The van der Waals surface area contributed by atoms with E-state index in [4.69, 9.17) is 9.47 Å². The molecule has 0 bridgehead atoms. The average molecular weight is 790 g/mol. The minimum Gasteiger partial charge on any atom is -0.387 e. The number of nitrogens with zero attached hydrogens (tertiary/aromatic N) is 2. The van der Waals surface area contributed by atoms with Crippen molar-refractivity contribution in [2.75, 3.05) is 13.2 Å². The van der Waals surface area contributed by atoms with Gasteiger partial charge in [0, 0.05) is 24.5 Å². The van der Waals surface area contributed by atoms with Gasteiger partial charge in [0.1, 0.15) is 36.6 Å². The molecule has 0 saturated carbocycles. The first-order valence-electron chi connectivity index (χ1n) is 12.9. The van der Waals surface area contributed by atoms with Crippen LogP contribution in [-0.4, -0.2) is 109 Å². The fraction of sp³-hybridized carbons (Fsp3) is 0.556. The van der Waals surface area contributed by atoms with Gasteiger partial charge in [0.15, 0.2) is 12.5 Å². The Hall–Kier alpha value is -2.32. The van der Waals surface area contributed by atoms with Crippen molar-refractivity contribution in [1.29, 1.82) is 0 Å². The van der Waals surface area contributed by atoms with Gasteiger partial charge >= 0.3 is 42.7 Å². The van der Waals surface area contributed by atoms with E-state index in [9.17, 15) is 77.4 Å². The van der Waals surface area contributed by atoms with Crippen molar-refractivity contribution in [2.45, 2.75) is 49.1 Å². The minimum absolute atomic E-state index is 0.642. The molecule has 0 spiro atoms. The Balaban J connectivity index is 1.31. The molecule has 12 atom stereocenters. The third kappa shape index (κ3) is 9.93. The highest BCUT2D eigenvalue weighted by molar-refractivity contribution is 7.69. The number of aromatic nitrogens is 4. The van der Waals surface area contributed by atoms with Gasteiger partial charge in [0.25, 0.3) is 11.1 Å². The molecule has 2 fully saturated rings. The molecule has 2 aliphatic heterocycles. The Labute approximate surface area is 268 Å². The predicted octanol–water partition coefficient (Wildman–Crippen LogP) is -4.19. The monoisotopic (exact) mass is 790 g/mol. The van der Waals surface area contributed by atoms with E-state index in [0.717, 1.165) is 24.5 Å². The second-order valence-electron chi connectivity index (χ2n) is 9.84. The zero-order chi connectivity index (χ0) is 36.7. The molecule has 0 radical (unpaired) electrons. The van der Waals surface area contributed by atoms with E-state index in [2.05, 4.69) is 22.0 Å². The molecule has 27 nitrogen and oxygen atoms in total. The lowest BCUT2D eigenvalue weighted by molar-refractivity contribution is -0.0544. The molecule has 9 unspecified atom stereocenters. The zero-order valence-electron chi connectivity index (χ0n) is 23.7. The highest BCUT2D eigenvalue weighted by Gasteiger charge is 2.49. The molecule has 4 heterocycles. The van der Waals surface area contributed by atoms with Gasteiger partial charge in [-0.15, -0.1) is 0 Å². The van der Waals surface area contributed by atoms with Gasteiger partial charge in [-0.3, -0.25) is 37.7 Å². The van der Waals surface area contributed by atoms with Crippen molar-refractivity contribution in [3.8, 4) is 0 Å². The lowest BCUT2D eigenvalue weighted by Gasteiger charge is -2.21. The van der Waals surface area contributed by atoms with Gasteiger partial charge < -0.3 is 49.5 Å². The fourth-order valence-corrected chi connectivity index (χ4v) is 9.20. The summed E-state index contributed by atoms with van der Waals surface area (Å²) in [6.45, 7) is -2.43. The second-order valence-corrected chi connectivity index (χ2v) is 16.1. The van der Waals surface area contributed by atoms with Crippen LogP contribution in [-0.2, 0) is 49.7 Å². The lowest BCUT2D eigenvalue weighted by atomic mass is 10.1. The Morgan fingerprint density at radius 1 is 0.592 bits per heavy atom. The highest BCUT2D eigenvalue weighted by Crippen LogP contribution is 2.71. The van der Waals surface area contributed by atoms with Crippen LogP contribution in [0.15, 0.2) is 43.7 Å². The summed E-state index contributed by atoms with van der Waals surface area (Å²) in [5.74, 6) is 0. The maximum atomic E-state index is 12.2. The number of aliphatic hydroxyl groups excluding tert-OH is 4. The van der Waals surface area contributed by atoms with Gasteiger partial charge in [-0.1, -0.05) is 0 Å². The van der Waals surface area contributed by atoms with Crippen LogP contribution in [0.3, 0.4) is 0 Å². The number of rotatable bonds is 14. The van der Waals surface area contributed by atoms with Gasteiger partial charge in [0.2, 0.25) is 0 Å². The highest BCUT2D eigenvalue weighted by atomic mass is 31.3. The summed E-state index contributed by atoms with van der Waals surface area (Å²) in [7, 11) is -24.1. The van der Waals surface area contributed by atoms with Crippen LogP contribution >= 0.6 is 31.3 Å². The smallest absolute Gasteiger partial charge is 0.387 e. The normalized spacial score (nSPS) is 32.2. The number of phosphoric ester groups is 2. The molecule has 10 N–H and O–H groups in total. The van der Waals surface area contributed by atoms with Gasteiger partial charge in [-0.05, 0) is 0 Å². The van der Waals surface area contributed by atoms with Crippen molar-refractivity contribution in [1.82, 2.24) is 19.1 Å². The summed E-state index contributed by atoms with van der Waals surface area (Å²) in [4.78, 5) is 89.1. The van der Waals surface area contributed by atoms with Gasteiger partial charge in [-0.2, -0.15) is 12.9 Å². The quantitative estimate of drug-likeness (QED) is 0.0811. The fourth-order valence-electron chi connectivity index (χ4n) is 4.25. The molecule has 31 heteroatoms. The van der Waals surface area contributed by atoms with E-state index in [0.29, 0.717) is 9.13 Å². The molecule has 2 aliphatic rings. The summed E-state index contributed by atoms with van der Waals surface area (Å²) in [6, 6.07) is 1.73. The zero-order valence-corrected chi connectivity index (χ0v) is 27.3. The molecular weight excluding hydrogens is 764 g/mol. The predicted molar refractivity (Wildman–Crippen MR) is 149 cm³/mol. The van der Waals surface area contributed by atoms with Crippen LogP contribution in [0, 0.1) is 0 Å². The van der Waals surface area contributed by atoms with Crippen molar-refractivity contribution in [3.63, 3.8) is 0 Å². The van der Waals surface area contributed by atoms with Crippen molar-refractivity contribution >= 4 is 31.3 Å². The number of nitrogens with one attached hydrogen (secondary N) is 2. The minimum atomic E-state index is -6.24. The SMILES string of the molecule is O=c1ccn([C@@H]2OC(COP(=O)(O)OP(=O)(O)OP(=O)(O)OP(=O)(O)OC[C@H]3O[C@@H](n4ccc(=O)[nH]c4=O)C(O)C3O)C(O)C2O)c(=O)[nH]1. The van der Waals surface area contributed by atoms with Gasteiger partial charge in [0.05, 0.1) is 13.2 Å². The Morgan fingerprint density at radius 3 is 1.24 bits per heavy atom. The summed E-state index contributed by atoms with van der Waals surface area (Å²) >= 11 is 0. The number of aromatic amines is 2. The second kappa shape index (κ2) is 14.7. The number of hydrogen-bond donors (Lipinski definition) is 10. The van der Waals surface area contributed by atoms with Crippen LogP contribution in [0.4, 0.5) is 0 Å². The van der Waals surface area contributed by atoms with Crippen LogP contribution in [0.5, 0.6) is 0 Å². The van der Waals surface area contributed by atoms with E-state index < -0.39 is 116 Å². The number of hydrogen-bond acceptors (Lipinski definition) is 19. The maximum Gasteiger partial charge on any atom is 0.490 e. The van der Waals surface area contributed by atoms with Crippen LogP contribution < -0.4 is 22.5 Å². The first-order chi connectivity index (χ1) is 22.5. The molecule has 2 aromatic heterocycles. The molecule has 2 saturated heterocycles. The number of phosphoric acid groups is 4. The van der Waals surface area contributed by atoms with Crippen molar-refractivity contribution in [2.24, 2.45) is 0 Å². The summed E-state index contributed by atoms with van der Waals surface area (Å²) in [5, 5.41) is 40.7. The Bertz CT molecular complexity index is 1820. The van der Waals surface area contributed by atoms with E-state index in [1.54, 1.807) is 0 Å². The molecule has 0 aromatic carbocycles. The molecule has 2 aromatic rings. The lowest BCUT2D eigenvalue weighted by Crippen LogP contribution is -2.37. The van der Waals surface area contributed by atoms with Crippen LogP contribution in [0.1, 0.15) is 12.5 Å². The third-order valence-corrected chi connectivity index (χ3v) is 12.3. The first kappa shape index (κ1) is 39.5. The molecule has 49 heavy (non-hydrogen) atoms. The van der Waals surface area contributed by atoms with E-state index in [1.807, 2.05) is 9.97 Å². The van der Waals surface area contributed by atoms with Gasteiger partial charge in [-0.25, -0.2) is 27.8 Å². The van der Waals surface area contributed by atoms with E-state index in [1.165, 1.54) is 0 Å². The largest absolute Gasteiger partial charge is 0.490 e. The summed E-state index contributed by atoms with van der Waals surface area (Å²) < 4.78 is 80.5.